The molecule has 0 spiro atoms. The monoisotopic (exact) mass is 404 g/mol. The number of carbonyl (C=O) groups excluding carboxylic acids is 2. The quantitative estimate of drug-likeness (QED) is 0.414. The topological polar surface area (TPSA) is 110 Å². The summed E-state index contributed by atoms with van der Waals surface area (Å²) in [7, 11) is 0. The first-order chi connectivity index (χ1) is 12.0. The number of nitrogens with zero attached hydrogens (tertiary/aromatic N) is 1. The van der Waals surface area contributed by atoms with E-state index in [0.29, 0.717) is 35.4 Å². The molecule has 130 valence electrons. The second kappa shape index (κ2) is 7.20. The summed E-state index contributed by atoms with van der Waals surface area (Å²) in [4.78, 5) is 24.0. The highest BCUT2D eigenvalue weighted by atomic mass is 79.9. The second-order valence-electron chi connectivity index (χ2n) is 5.69. The second-order valence-corrected chi connectivity index (χ2v) is 6.60. The average molecular weight is 405 g/mol. The van der Waals surface area contributed by atoms with Gasteiger partial charge in [-0.15, -0.1) is 0 Å². The number of nitrogens with two attached hydrogens (primary N) is 1. The van der Waals surface area contributed by atoms with Crippen molar-refractivity contribution in [3.8, 4) is 0 Å². The molecule has 2 aromatic rings. The summed E-state index contributed by atoms with van der Waals surface area (Å²) in [5.41, 5.74) is 7.31. The standard InChI is InChI=1S/C17H17BrN4O3/c1-9-14-12(3-2-4-13(14)25-15(9)17(24)20-19)21-22-16(23)10-5-7-11(18)8-6-10/h5-8H,2-4,19H2,1H3,(H,20,24)(H,22,23)/b21-12+. The van der Waals surface area contributed by atoms with Crippen molar-refractivity contribution in [3.05, 3.63) is 56.9 Å². The number of nitrogen functional groups attached to an aromatic ring is 1. The number of hydrogen-bond acceptors (Lipinski definition) is 5. The largest absolute Gasteiger partial charge is 0.455 e. The third-order valence-corrected chi connectivity index (χ3v) is 4.59. The van der Waals surface area contributed by atoms with E-state index in [0.717, 1.165) is 16.5 Å². The number of hydrazone groups is 1. The van der Waals surface area contributed by atoms with Crippen molar-refractivity contribution in [3.63, 3.8) is 0 Å². The van der Waals surface area contributed by atoms with Crippen molar-refractivity contribution in [2.75, 3.05) is 0 Å². The van der Waals surface area contributed by atoms with Crippen LogP contribution in [-0.4, -0.2) is 17.5 Å². The number of amides is 2. The molecule has 0 aliphatic heterocycles. The number of rotatable bonds is 3. The normalized spacial score (nSPS) is 14.9. The summed E-state index contributed by atoms with van der Waals surface area (Å²) in [5, 5.41) is 4.27. The van der Waals surface area contributed by atoms with Crippen molar-refractivity contribution in [1.82, 2.24) is 10.9 Å². The van der Waals surface area contributed by atoms with Crippen molar-refractivity contribution < 1.29 is 14.0 Å². The summed E-state index contributed by atoms with van der Waals surface area (Å²) < 4.78 is 6.53. The van der Waals surface area contributed by atoms with Gasteiger partial charge in [-0.1, -0.05) is 15.9 Å². The Kier molecular flexibility index (Phi) is 5.00. The fraction of sp³-hybridized carbons (Fsp3) is 0.235. The van der Waals surface area contributed by atoms with Crippen molar-refractivity contribution >= 4 is 33.5 Å². The molecule has 0 fully saturated rings. The molecule has 3 rings (SSSR count). The van der Waals surface area contributed by atoms with Crippen LogP contribution in [0.25, 0.3) is 0 Å². The van der Waals surface area contributed by atoms with Gasteiger partial charge in [0.25, 0.3) is 5.91 Å². The van der Waals surface area contributed by atoms with Gasteiger partial charge < -0.3 is 4.42 Å². The molecule has 8 heteroatoms. The van der Waals surface area contributed by atoms with Gasteiger partial charge in [-0.2, -0.15) is 5.10 Å². The van der Waals surface area contributed by atoms with Gasteiger partial charge in [0, 0.05) is 27.6 Å². The number of benzene rings is 1. The van der Waals surface area contributed by atoms with E-state index in [1.165, 1.54) is 0 Å². The molecule has 0 unspecified atom stereocenters. The lowest BCUT2D eigenvalue weighted by Gasteiger charge is -2.13. The lowest BCUT2D eigenvalue weighted by Crippen LogP contribution is -2.30. The van der Waals surface area contributed by atoms with Gasteiger partial charge in [0.05, 0.1) is 5.71 Å². The zero-order valence-electron chi connectivity index (χ0n) is 13.6. The highest BCUT2D eigenvalue weighted by Crippen LogP contribution is 2.29. The molecule has 1 aliphatic carbocycles. The van der Waals surface area contributed by atoms with Gasteiger partial charge >= 0.3 is 5.91 Å². The first-order valence-electron chi connectivity index (χ1n) is 7.77. The fourth-order valence-corrected chi connectivity index (χ4v) is 3.11. The summed E-state index contributed by atoms with van der Waals surface area (Å²) in [6.45, 7) is 1.78. The summed E-state index contributed by atoms with van der Waals surface area (Å²) in [5.74, 6) is 5.28. The zero-order valence-corrected chi connectivity index (χ0v) is 15.1. The Labute approximate surface area is 152 Å². The molecule has 0 radical (unpaired) electrons. The third kappa shape index (κ3) is 3.49. The van der Waals surface area contributed by atoms with E-state index < -0.39 is 5.91 Å². The summed E-state index contributed by atoms with van der Waals surface area (Å²) in [6.07, 6.45) is 2.24. The molecule has 1 aromatic carbocycles. The van der Waals surface area contributed by atoms with E-state index in [1.807, 2.05) is 0 Å². The van der Waals surface area contributed by atoms with Crippen molar-refractivity contribution in [1.29, 1.82) is 0 Å². The lowest BCUT2D eigenvalue weighted by molar-refractivity contribution is 0.0921. The summed E-state index contributed by atoms with van der Waals surface area (Å²) >= 11 is 3.33. The van der Waals surface area contributed by atoms with Crippen LogP contribution >= 0.6 is 15.9 Å². The Balaban J connectivity index is 1.86. The maximum Gasteiger partial charge on any atom is 0.301 e. The Hall–Kier alpha value is -2.45. The van der Waals surface area contributed by atoms with Crippen LogP contribution in [0.1, 0.15) is 50.6 Å². The van der Waals surface area contributed by atoms with Gasteiger partial charge in [-0.3, -0.25) is 15.0 Å². The molecule has 2 amide bonds. The molecule has 1 heterocycles. The number of carbonyl (C=O) groups is 2. The minimum Gasteiger partial charge on any atom is -0.455 e. The molecular weight excluding hydrogens is 388 g/mol. The minimum absolute atomic E-state index is 0.182. The van der Waals surface area contributed by atoms with E-state index in [9.17, 15) is 9.59 Å². The van der Waals surface area contributed by atoms with Crippen LogP contribution in [0.3, 0.4) is 0 Å². The number of aryl methyl sites for hydroxylation is 1. The fourth-order valence-electron chi connectivity index (χ4n) is 2.85. The molecule has 25 heavy (non-hydrogen) atoms. The highest BCUT2D eigenvalue weighted by Gasteiger charge is 2.27. The van der Waals surface area contributed by atoms with Crippen LogP contribution in [0, 0.1) is 6.92 Å². The first kappa shape index (κ1) is 17.4. The number of fused-ring (bicyclic) bond motifs is 1. The number of halogens is 1. The average Bonchev–Trinajstić information content (AvgIpc) is 2.97. The number of nitrogens with one attached hydrogen (secondary N) is 2. The predicted molar refractivity (Wildman–Crippen MR) is 96.2 cm³/mol. The molecule has 4 N–H and O–H groups in total. The maximum atomic E-state index is 12.2. The molecule has 1 aromatic heterocycles. The number of hydrazine groups is 1. The molecule has 0 saturated heterocycles. The van der Waals surface area contributed by atoms with E-state index in [1.54, 1.807) is 31.2 Å². The van der Waals surface area contributed by atoms with E-state index in [-0.39, 0.29) is 11.7 Å². The minimum atomic E-state index is -0.481. The third-order valence-electron chi connectivity index (χ3n) is 4.06. The first-order valence-corrected chi connectivity index (χ1v) is 8.56. The van der Waals surface area contributed by atoms with Gasteiger partial charge in [-0.25, -0.2) is 11.3 Å². The molecule has 1 aliphatic rings. The van der Waals surface area contributed by atoms with E-state index >= 15 is 0 Å². The van der Waals surface area contributed by atoms with Crippen LogP contribution < -0.4 is 16.7 Å². The van der Waals surface area contributed by atoms with Crippen LogP contribution in [0.4, 0.5) is 0 Å². The lowest BCUT2D eigenvalue weighted by atomic mass is 9.93. The van der Waals surface area contributed by atoms with Gasteiger partial charge in [-0.05, 0) is 44.0 Å². The molecule has 0 bridgehead atoms. The maximum absolute atomic E-state index is 12.2. The van der Waals surface area contributed by atoms with Crippen LogP contribution in [0.15, 0.2) is 38.3 Å². The van der Waals surface area contributed by atoms with Crippen molar-refractivity contribution in [2.45, 2.75) is 26.2 Å². The molecule has 7 nitrogen and oxygen atoms in total. The van der Waals surface area contributed by atoms with Crippen LogP contribution in [0.2, 0.25) is 0 Å². The van der Waals surface area contributed by atoms with Gasteiger partial charge in [0.15, 0.2) is 5.76 Å². The number of hydrogen-bond donors (Lipinski definition) is 3. The smallest absolute Gasteiger partial charge is 0.301 e. The Morgan fingerprint density at radius 2 is 1.92 bits per heavy atom. The molecule has 0 saturated carbocycles. The van der Waals surface area contributed by atoms with E-state index in [4.69, 9.17) is 10.3 Å². The number of furan rings is 1. The Bertz CT molecular complexity index is 856. The molecular formula is C17H17BrN4O3. The summed E-state index contributed by atoms with van der Waals surface area (Å²) in [6, 6.07) is 6.99. The van der Waals surface area contributed by atoms with Gasteiger partial charge in [0.1, 0.15) is 5.76 Å². The zero-order chi connectivity index (χ0) is 18.0. The molecule has 0 atom stereocenters. The predicted octanol–water partition coefficient (Wildman–Crippen LogP) is 2.42. The van der Waals surface area contributed by atoms with E-state index in [2.05, 4.69) is 31.9 Å². The van der Waals surface area contributed by atoms with Gasteiger partial charge in [0.2, 0.25) is 0 Å². The van der Waals surface area contributed by atoms with Crippen LogP contribution in [0.5, 0.6) is 0 Å². The van der Waals surface area contributed by atoms with Crippen molar-refractivity contribution in [2.24, 2.45) is 10.9 Å². The van der Waals surface area contributed by atoms with Crippen LogP contribution in [-0.2, 0) is 6.42 Å². The SMILES string of the molecule is Cc1c(C(=O)NN)oc2c1/C(=N/NC(=O)c1ccc(Br)cc1)CCC2. The highest BCUT2D eigenvalue weighted by molar-refractivity contribution is 9.10. The Morgan fingerprint density at radius 1 is 1.20 bits per heavy atom. The Morgan fingerprint density at radius 3 is 2.60 bits per heavy atom.